The molecule has 1 amide bonds. The lowest BCUT2D eigenvalue weighted by atomic mass is 9.98. The maximum absolute atomic E-state index is 12.3. The first-order valence-corrected chi connectivity index (χ1v) is 7.78. The standard InChI is InChI=1S/C13H12ClNO5S/c14-8-3-7(4-9-10(8)20-6-19-9)11(16)15-13(12(17)18)1-2-21-5-13/h3-4H,1-2,5-6H2,(H,15,16)(H,17,18)/t13-/m1/s1. The number of carbonyl (C=O) groups excluding carboxylic acids is 1. The molecule has 0 saturated carbocycles. The van der Waals surface area contributed by atoms with E-state index >= 15 is 0 Å². The summed E-state index contributed by atoms with van der Waals surface area (Å²) in [5, 5.41) is 12.2. The van der Waals surface area contributed by atoms with Crippen LogP contribution in [0.3, 0.4) is 0 Å². The van der Waals surface area contributed by atoms with Crippen molar-refractivity contribution < 1.29 is 24.2 Å². The monoisotopic (exact) mass is 329 g/mol. The lowest BCUT2D eigenvalue weighted by molar-refractivity contribution is -0.143. The van der Waals surface area contributed by atoms with Gasteiger partial charge < -0.3 is 19.9 Å². The van der Waals surface area contributed by atoms with E-state index in [0.29, 0.717) is 29.4 Å². The summed E-state index contributed by atoms with van der Waals surface area (Å²) in [5.41, 5.74) is -0.966. The van der Waals surface area contributed by atoms with Crippen LogP contribution in [0.25, 0.3) is 0 Å². The highest BCUT2D eigenvalue weighted by atomic mass is 35.5. The molecule has 21 heavy (non-hydrogen) atoms. The van der Waals surface area contributed by atoms with E-state index in [4.69, 9.17) is 21.1 Å². The van der Waals surface area contributed by atoms with Crippen molar-refractivity contribution in [1.82, 2.24) is 5.32 Å². The van der Waals surface area contributed by atoms with Gasteiger partial charge in [-0.15, -0.1) is 0 Å². The van der Waals surface area contributed by atoms with Crippen LogP contribution in [0.5, 0.6) is 11.5 Å². The molecule has 2 N–H and O–H groups in total. The molecule has 1 aromatic carbocycles. The summed E-state index contributed by atoms with van der Waals surface area (Å²) in [4.78, 5) is 23.8. The van der Waals surface area contributed by atoms with Crippen LogP contribution in [0.15, 0.2) is 12.1 Å². The highest BCUT2D eigenvalue weighted by Crippen LogP contribution is 2.40. The van der Waals surface area contributed by atoms with Crippen LogP contribution in [-0.2, 0) is 4.79 Å². The second-order valence-corrected chi connectivity index (χ2v) is 6.35. The van der Waals surface area contributed by atoms with E-state index < -0.39 is 17.4 Å². The number of hydrogen-bond donors (Lipinski definition) is 2. The van der Waals surface area contributed by atoms with Gasteiger partial charge in [-0.3, -0.25) is 4.79 Å². The zero-order valence-electron chi connectivity index (χ0n) is 10.8. The zero-order valence-corrected chi connectivity index (χ0v) is 12.4. The Hall–Kier alpha value is -1.60. The van der Waals surface area contributed by atoms with Crippen LogP contribution in [0, 0.1) is 0 Å². The molecule has 1 aromatic rings. The third kappa shape index (κ3) is 2.51. The van der Waals surface area contributed by atoms with Crippen LogP contribution >= 0.6 is 23.4 Å². The zero-order chi connectivity index (χ0) is 15.0. The van der Waals surface area contributed by atoms with Crippen molar-refractivity contribution in [3.63, 3.8) is 0 Å². The van der Waals surface area contributed by atoms with E-state index in [1.165, 1.54) is 23.9 Å². The number of rotatable bonds is 3. The van der Waals surface area contributed by atoms with Crippen molar-refractivity contribution in [2.45, 2.75) is 12.0 Å². The van der Waals surface area contributed by atoms with E-state index in [9.17, 15) is 14.7 Å². The first-order chi connectivity index (χ1) is 10.0. The molecule has 1 fully saturated rings. The van der Waals surface area contributed by atoms with E-state index in [1.807, 2.05) is 0 Å². The van der Waals surface area contributed by atoms with E-state index in [0.717, 1.165) is 0 Å². The number of carbonyl (C=O) groups is 2. The van der Waals surface area contributed by atoms with Gasteiger partial charge in [0.25, 0.3) is 5.91 Å². The van der Waals surface area contributed by atoms with Crippen LogP contribution in [0.4, 0.5) is 0 Å². The van der Waals surface area contributed by atoms with Crippen molar-refractivity contribution in [2.75, 3.05) is 18.3 Å². The van der Waals surface area contributed by atoms with Crippen molar-refractivity contribution in [2.24, 2.45) is 0 Å². The molecule has 0 radical (unpaired) electrons. The molecule has 0 aromatic heterocycles. The number of nitrogens with one attached hydrogen (secondary N) is 1. The number of amides is 1. The largest absolute Gasteiger partial charge is 0.479 e. The highest BCUT2D eigenvalue weighted by molar-refractivity contribution is 7.99. The summed E-state index contributed by atoms with van der Waals surface area (Å²) < 4.78 is 10.4. The maximum atomic E-state index is 12.3. The summed E-state index contributed by atoms with van der Waals surface area (Å²) >= 11 is 7.53. The number of thioether (sulfide) groups is 1. The molecule has 112 valence electrons. The lowest BCUT2D eigenvalue weighted by Gasteiger charge is -2.24. The smallest absolute Gasteiger partial charge is 0.330 e. The molecular weight excluding hydrogens is 318 g/mol. The van der Waals surface area contributed by atoms with E-state index in [-0.39, 0.29) is 17.4 Å². The molecule has 0 aliphatic carbocycles. The normalized spacial score (nSPS) is 23.1. The van der Waals surface area contributed by atoms with Crippen LogP contribution in [-0.4, -0.2) is 40.8 Å². The number of hydrogen-bond acceptors (Lipinski definition) is 5. The number of benzene rings is 1. The molecule has 2 heterocycles. The Morgan fingerprint density at radius 2 is 2.19 bits per heavy atom. The number of fused-ring (bicyclic) bond motifs is 1. The Balaban J connectivity index is 1.86. The fourth-order valence-corrected chi connectivity index (χ4v) is 3.86. The van der Waals surface area contributed by atoms with E-state index in [2.05, 4.69) is 5.32 Å². The Morgan fingerprint density at radius 1 is 1.38 bits per heavy atom. The predicted molar refractivity (Wildman–Crippen MR) is 77.4 cm³/mol. The molecule has 0 unspecified atom stereocenters. The van der Waals surface area contributed by atoms with Gasteiger partial charge in [-0.25, -0.2) is 4.79 Å². The van der Waals surface area contributed by atoms with Gasteiger partial charge in [0.1, 0.15) is 5.54 Å². The Kier molecular flexibility index (Phi) is 3.62. The molecule has 3 rings (SSSR count). The van der Waals surface area contributed by atoms with Gasteiger partial charge in [0.15, 0.2) is 11.5 Å². The van der Waals surface area contributed by atoms with Gasteiger partial charge in [-0.1, -0.05) is 11.6 Å². The second-order valence-electron chi connectivity index (χ2n) is 4.84. The van der Waals surface area contributed by atoms with Gasteiger partial charge in [0, 0.05) is 11.3 Å². The molecule has 0 spiro atoms. The molecule has 1 atom stereocenters. The Labute approximate surface area is 129 Å². The Morgan fingerprint density at radius 3 is 2.86 bits per heavy atom. The number of aliphatic carboxylic acids is 1. The summed E-state index contributed by atoms with van der Waals surface area (Å²) in [7, 11) is 0. The van der Waals surface area contributed by atoms with E-state index in [1.54, 1.807) is 0 Å². The molecule has 2 aliphatic rings. The first-order valence-electron chi connectivity index (χ1n) is 6.25. The van der Waals surface area contributed by atoms with Gasteiger partial charge in [0.2, 0.25) is 6.79 Å². The lowest BCUT2D eigenvalue weighted by Crippen LogP contribution is -2.54. The van der Waals surface area contributed by atoms with Crippen LogP contribution < -0.4 is 14.8 Å². The topological polar surface area (TPSA) is 84.9 Å². The van der Waals surface area contributed by atoms with Gasteiger partial charge in [-0.05, 0) is 24.3 Å². The SMILES string of the molecule is O=C(N[C@]1(C(=O)O)CCSC1)c1cc(Cl)c2c(c1)OCO2. The first kappa shape index (κ1) is 14.3. The maximum Gasteiger partial charge on any atom is 0.330 e. The summed E-state index contributed by atoms with van der Waals surface area (Å²) in [6.45, 7) is 0.0514. The van der Waals surface area contributed by atoms with Crippen molar-refractivity contribution in [3.05, 3.63) is 22.7 Å². The number of carboxylic acid groups (broad SMARTS) is 1. The van der Waals surface area contributed by atoms with Crippen molar-refractivity contribution >= 4 is 35.2 Å². The molecular formula is C13H12ClNO5S. The quantitative estimate of drug-likeness (QED) is 0.879. The summed E-state index contributed by atoms with van der Waals surface area (Å²) in [6.07, 6.45) is 0.400. The van der Waals surface area contributed by atoms with Crippen molar-refractivity contribution in [3.8, 4) is 11.5 Å². The minimum absolute atomic E-state index is 0.0514. The highest BCUT2D eigenvalue weighted by Gasteiger charge is 2.43. The summed E-state index contributed by atoms with van der Waals surface area (Å²) in [6, 6.07) is 2.95. The van der Waals surface area contributed by atoms with Crippen LogP contribution in [0.1, 0.15) is 16.8 Å². The van der Waals surface area contributed by atoms with Crippen molar-refractivity contribution in [1.29, 1.82) is 0 Å². The second kappa shape index (κ2) is 5.31. The average Bonchev–Trinajstić information content (AvgIpc) is 3.07. The third-order valence-electron chi connectivity index (χ3n) is 3.47. The minimum atomic E-state index is -1.22. The predicted octanol–water partition coefficient (Wildman–Crippen LogP) is 1.76. The Bertz CT molecular complexity index is 615. The van der Waals surface area contributed by atoms with Gasteiger partial charge in [-0.2, -0.15) is 11.8 Å². The summed E-state index contributed by atoms with van der Waals surface area (Å²) in [5.74, 6) is 0.337. The minimum Gasteiger partial charge on any atom is -0.479 e. The molecule has 0 bridgehead atoms. The molecule has 6 nitrogen and oxygen atoms in total. The molecule has 2 aliphatic heterocycles. The number of ether oxygens (including phenoxy) is 2. The average molecular weight is 330 g/mol. The van der Waals surface area contributed by atoms with Gasteiger partial charge in [0.05, 0.1) is 5.02 Å². The van der Waals surface area contributed by atoms with Gasteiger partial charge >= 0.3 is 5.97 Å². The molecule has 8 heteroatoms. The fraction of sp³-hybridized carbons (Fsp3) is 0.385. The van der Waals surface area contributed by atoms with Crippen LogP contribution in [0.2, 0.25) is 5.02 Å². The number of halogens is 1. The fourth-order valence-electron chi connectivity index (χ4n) is 2.27. The third-order valence-corrected chi connectivity index (χ3v) is 4.94. The number of carboxylic acids is 1. The molecule has 1 saturated heterocycles.